The molecule has 4 heterocycles. The van der Waals surface area contributed by atoms with Crippen LogP contribution in [0.3, 0.4) is 0 Å². The highest BCUT2D eigenvalue weighted by Gasteiger charge is 2.28. The van der Waals surface area contributed by atoms with Crippen LogP contribution in [-0.2, 0) is 11.3 Å². The van der Waals surface area contributed by atoms with Crippen molar-refractivity contribution in [3.05, 3.63) is 63.8 Å². The molecule has 1 aliphatic rings. The molecule has 144 valence electrons. The van der Waals surface area contributed by atoms with Crippen molar-refractivity contribution in [2.24, 2.45) is 5.73 Å². The van der Waals surface area contributed by atoms with Crippen LogP contribution in [0.5, 0.6) is 0 Å². The van der Waals surface area contributed by atoms with Crippen LogP contribution >= 0.6 is 34.5 Å². The van der Waals surface area contributed by atoms with Gasteiger partial charge in [0.15, 0.2) is 0 Å². The number of nitrogens with two attached hydrogens (primary N) is 1. The number of carbonyl (C=O) groups excluding carboxylic acids is 1. The Morgan fingerprint density at radius 2 is 2.11 bits per heavy atom. The average Bonchev–Trinajstić information content (AvgIpc) is 3.38. The number of halogens is 2. The minimum atomic E-state index is -0.348. The second kappa shape index (κ2) is 8.09. The van der Waals surface area contributed by atoms with E-state index in [1.54, 1.807) is 22.4 Å². The maximum atomic E-state index is 11.7. The van der Waals surface area contributed by atoms with E-state index < -0.39 is 0 Å². The van der Waals surface area contributed by atoms with E-state index in [2.05, 4.69) is 21.4 Å². The van der Waals surface area contributed by atoms with Crippen LogP contribution < -0.4 is 5.73 Å². The number of rotatable bonds is 2. The summed E-state index contributed by atoms with van der Waals surface area (Å²) >= 11 is 13.5. The number of aromatic amines is 1. The van der Waals surface area contributed by atoms with Crippen molar-refractivity contribution in [1.82, 2.24) is 14.9 Å². The van der Waals surface area contributed by atoms with Crippen molar-refractivity contribution in [2.75, 3.05) is 6.54 Å². The van der Waals surface area contributed by atoms with Crippen molar-refractivity contribution in [2.45, 2.75) is 19.0 Å². The molecule has 3 aromatic heterocycles. The van der Waals surface area contributed by atoms with Crippen LogP contribution in [0.25, 0.3) is 21.0 Å². The second-order valence-corrected chi connectivity index (χ2v) is 8.36. The third-order valence-electron chi connectivity index (χ3n) is 4.67. The topological polar surface area (TPSA) is 75.0 Å². The van der Waals surface area contributed by atoms with Gasteiger partial charge in [-0.15, -0.1) is 11.3 Å². The Morgan fingerprint density at radius 3 is 2.86 bits per heavy atom. The number of pyridine rings is 1. The van der Waals surface area contributed by atoms with Gasteiger partial charge in [-0.2, -0.15) is 0 Å². The highest BCUT2D eigenvalue weighted by Crippen LogP contribution is 2.24. The fraction of sp³-hybridized carbons (Fsp3) is 0.200. The van der Waals surface area contributed by atoms with Gasteiger partial charge in [-0.1, -0.05) is 29.3 Å². The quantitative estimate of drug-likeness (QED) is 0.445. The Morgan fingerprint density at radius 1 is 1.25 bits per heavy atom. The summed E-state index contributed by atoms with van der Waals surface area (Å²) in [7, 11) is 0. The number of nitrogens with one attached hydrogen (secondary N) is 1. The lowest BCUT2D eigenvalue weighted by atomic mass is 10.3. The number of fused-ring (bicyclic) bond motifs is 2. The number of H-pyrrole nitrogens is 1. The molecule has 1 atom stereocenters. The van der Waals surface area contributed by atoms with Crippen molar-refractivity contribution in [3.8, 4) is 0 Å². The first-order valence-electron chi connectivity index (χ1n) is 8.80. The number of hydrogen-bond donors (Lipinski definition) is 2. The summed E-state index contributed by atoms with van der Waals surface area (Å²) < 4.78 is 1.26. The first kappa shape index (κ1) is 19.2. The van der Waals surface area contributed by atoms with Crippen LogP contribution in [0.4, 0.5) is 0 Å². The maximum Gasteiger partial charge on any atom is 0.239 e. The molecule has 4 aromatic rings. The SMILES string of the molecule is Clc1ccc2ccsc2c1.N[C@H]1CCN(Cc2cc3c(Cl)nccc3[nH]2)C1=O. The molecule has 0 radical (unpaired) electrons. The molecule has 1 fully saturated rings. The van der Waals surface area contributed by atoms with Crippen LogP contribution in [0.1, 0.15) is 12.1 Å². The van der Waals surface area contributed by atoms with Gasteiger partial charge < -0.3 is 15.6 Å². The lowest BCUT2D eigenvalue weighted by Crippen LogP contribution is -2.33. The third-order valence-corrected chi connectivity index (χ3v) is 6.09. The number of amides is 1. The van der Waals surface area contributed by atoms with Crippen LogP contribution in [-0.4, -0.2) is 33.4 Å². The van der Waals surface area contributed by atoms with Gasteiger partial charge in [0.05, 0.1) is 18.1 Å². The van der Waals surface area contributed by atoms with Crippen LogP contribution in [0.15, 0.2) is 48.0 Å². The zero-order valence-electron chi connectivity index (χ0n) is 14.9. The Kier molecular flexibility index (Phi) is 5.55. The van der Waals surface area contributed by atoms with Gasteiger partial charge in [-0.3, -0.25) is 4.79 Å². The lowest BCUT2D eigenvalue weighted by molar-refractivity contribution is -0.129. The predicted octanol–water partition coefficient (Wildman–Crippen LogP) is 4.83. The summed E-state index contributed by atoms with van der Waals surface area (Å²) in [6, 6.07) is 11.5. The van der Waals surface area contributed by atoms with Crippen molar-refractivity contribution < 1.29 is 4.79 Å². The smallest absolute Gasteiger partial charge is 0.239 e. The fourth-order valence-electron chi connectivity index (χ4n) is 3.22. The number of aromatic nitrogens is 2. The molecule has 1 aromatic carbocycles. The molecule has 0 bridgehead atoms. The van der Waals surface area contributed by atoms with E-state index >= 15 is 0 Å². The van der Waals surface area contributed by atoms with E-state index in [0.29, 0.717) is 18.2 Å². The van der Waals surface area contributed by atoms with Gasteiger partial charge in [0.2, 0.25) is 5.91 Å². The van der Waals surface area contributed by atoms with Crippen LogP contribution in [0.2, 0.25) is 10.2 Å². The molecule has 0 saturated carbocycles. The number of hydrogen-bond acceptors (Lipinski definition) is 4. The van der Waals surface area contributed by atoms with E-state index in [1.165, 1.54) is 10.1 Å². The van der Waals surface area contributed by atoms with Crippen LogP contribution in [0, 0.1) is 0 Å². The summed E-state index contributed by atoms with van der Waals surface area (Å²) in [6.45, 7) is 1.25. The zero-order chi connectivity index (χ0) is 19.7. The highest BCUT2D eigenvalue weighted by molar-refractivity contribution is 7.17. The summed E-state index contributed by atoms with van der Waals surface area (Å²) in [5, 5.41) is 5.51. The van der Waals surface area contributed by atoms with E-state index in [0.717, 1.165) is 28.0 Å². The normalized spacial score (nSPS) is 16.6. The van der Waals surface area contributed by atoms with Gasteiger partial charge in [0.1, 0.15) is 5.15 Å². The minimum absolute atomic E-state index is 0.0119. The van der Waals surface area contributed by atoms with E-state index in [-0.39, 0.29) is 11.9 Å². The zero-order valence-corrected chi connectivity index (χ0v) is 17.2. The molecule has 0 unspecified atom stereocenters. The molecule has 1 amide bonds. The molecule has 0 aliphatic carbocycles. The monoisotopic (exact) mass is 432 g/mol. The number of nitrogens with zero attached hydrogens (tertiary/aromatic N) is 2. The molecule has 5 nitrogen and oxygen atoms in total. The van der Waals surface area contributed by atoms with Crippen molar-refractivity contribution in [3.63, 3.8) is 0 Å². The molecule has 8 heteroatoms. The van der Waals surface area contributed by atoms with Gasteiger partial charge in [-0.05, 0) is 47.5 Å². The van der Waals surface area contributed by atoms with Gasteiger partial charge in [0, 0.05) is 33.5 Å². The van der Waals surface area contributed by atoms with E-state index in [4.69, 9.17) is 28.9 Å². The van der Waals surface area contributed by atoms with Crippen molar-refractivity contribution >= 4 is 61.4 Å². The number of carbonyl (C=O) groups is 1. The molecule has 1 saturated heterocycles. The largest absolute Gasteiger partial charge is 0.357 e. The number of benzene rings is 1. The van der Waals surface area contributed by atoms with Gasteiger partial charge >= 0.3 is 0 Å². The summed E-state index contributed by atoms with van der Waals surface area (Å²) in [4.78, 5) is 20.8. The molecular weight excluding hydrogens is 415 g/mol. The Bertz CT molecular complexity index is 1140. The Hall–Kier alpha value is -2.12. The number of likely N-dealkylation sites (tertiary alicyclic amines) is 1. The molecular formula is C20H18Cl2N4OS. The number of thiophene rings is 1. The van der Waals surface area contributed by atoms with E-state index in [9.17, 15) is 4.79 Å². The Balaban J connectivity index is 0.000000162. The van der Waals surface area contributed by atoms with E-state index in [1.807, 2.05) is 30.3 Å². The lowest BCUT2D eigenvalue weighted by Gasteiger charge is -2.14. The van der Waals surface area contributed by atoms with Gasteiger partial charge in [-0.25, -0.2) is 4.98 Å². The molecule has 0 spiro atoms. The minimum Gasteiger partial charge on any atom is -0.357 e. The van der Waals surface area contributed by atoms with Crippen molar-refractivity contribution in [1.29, 1.82) is 0 Å². The second-order valence-electron chi connectivity index (χ2n) is 6.62. The first-order valence-corrected chi connectivity index (χ1v) is 10.4. The first-order chi connectivity index (χ1) is 13.5. The summed E-state index contributed by atoms with van der Waals surface area (Å²) in [6.07, 6.45) is 2.38. The Labute approximate surface area is 176 Å². The summed E-state index contributed by atoms with van der Waals surface area (Å²) in [5.74, 6) is 0.0119. The predicted molar refractivity (Wildman–Crippen MR) is 116 cm³/mol. The average molecular weight is 433 g/mol. The third kappa shape index (κ3) is 4.00. The molecule has 1 aliphatic heterocycles. The molecule has 3 N–H and O–H groups in total. The molecule has 5 rings (SSSR count). The highest BCUT2D eigenvalue weighted by atomic mass is 35.5. The molecule has 28 heavy (non-hydrogen) atoms. The van der Waals surface area contributed by atoms with Gasteiger partial charge in [0.25, 0.3) is 0 Å². The maximum absolute atomic E-state index is 11.7. The standard InChI is InChI=1S/C12H13ClN4O.C8H5ClS/c13-11-8-5-7(16-10(8)1-3-15-11)6-17-4-2-9(14)12(17)18;9-7-2-1-6-3-4-10-8(6)5-7/h1,3,5,9,16H,2,4,6,14H2;1-5H/t9-;/m0./s1. The fourth-order valence-corrected chi connectivity index (χ4v) is 4.49. The summed E-state index contributed by atoms with van der Waals surface area (Å²) in [5.41, 5.74) is 7.57.